The van der Waals surface area contributed by atoms with E-state index in [1.54, 1.807) is 27.7 Å². The van der Waals surface area contributed by atoms with Gasteiger partial charge in [0.2, 0.25) is 5.43 Å². The average molecular weight is 596 g/mol. The second-order valence-electron chi connectivity index (χ2n) is 9.94. The maximum absolute atomic E-state index is 14.9. The molecule has 6 rings (SSSR count). The van der Waals surface area contributed by atoms with Gasteiger partial charge in [-0.1, -0.05) is 11.6 Å². The number of carbonyl (C=O) groups is 1. The third kappa shape index (κ3) is 4.47. The SMILES string of the molecule is O=C(O)c1cn(-c2ccc(F)cc2F)c2cc(N3CCC(n4c(=O)[nH]c5cc(Cl)ccc54)CC3)c([N+](=O)[O-])cc2c1=O. The molecule has 3 aromatic carbocycles. The Morgan fingerprint density at radius 3 is 2.43 bits per heavy atom. The first-order valence-corrected chi connectivity index (χ1v) is 13.1. The van der Waals surface area contributed by atoms with Gasteiger partial charge in [0.05, 0.1) is 32.5 Å². The van der Waals surface area contributed by atoms with Crippen molar-refractivity contribution in [2.24, 2.45) is 0 Å². The third-order valence-corrected chi connectivity index (χ3v) is 7.78. The lowest BCUT2D eigenvalue weighted by atomic mass is 10.0. The second kappa shape index (κ2) is 10.1. The maximum atomic E-state index is 14.9. The summed E-state index contributed by atoms with van der Waals surface area (Å²) in [5.41, 5.74) is -1.31. The zero-order valence-electron chi connectivity index (χ0n) is 21.5. The number of imidazole rings is 1. The Labute approximate surface area is 238 Å². The Bertz CT molecular complexity index is 2060. The number of nitro groups is 1. The fraction of sp³-hybridized carbons (Fsp3) is 0.179. The fourth-order valence-electron chi connectivity index (χ4n) is 5.61. The average Bonchev–Trinajstić information content (AvgIpc) is 3.27. The smallest absolute Gasteiger partial charge is 0.341 e. The lowest BCUT2D eigenvalue weighted by Crippen LogP contribution is -2.37. The zero-order chi connectivity index (χ0) is 29.9. The molecule has 14 heteroatoms. The number of aromatic carboxylic acids is 1. The minimum atomic E-state index is -1.61. The summed E-state index contributed by atoms with van der Waals surface area (Å²) >= 11 is 6.05. The van der Waals surface area contributed by atoms with Crippen molar-refractivity contribution in [2.75, 3.05) is 18.0 Å². The number of rotatable bonds is 5. The number of aromatic amines is 1. The highest BCUT2D eigenvalue weighted by molar-refractivity contribution is 6.31. The van der Waals surface area contributed by atoms with Crippen LogP contribution in [0.5, 0.6) is 0 Å². The summed E-state index contributed by atoms with van der Waals surface area (Å²) in [6, 6.07) is 9.85. The van der Waals surface area contributed by atoms with Crippen molar-refractivity contribution in [1.82, 2.24) is 14.1 Å². The first-order valence-electron chi connectivity index (χ1n) is 12.7. The minimum Gasteiger partial charge on any atom is -0.477 e. The normalized spacial score (nSPS) is 14.1. The summed E-state index contributed by atoms with van der Waals surface area (Å²) in [5, 5.41) is 21.9. The Morgan fingerprint density at radius 1 is 1.02 bits per heavy atom. The molecule has 2 aromatic heterocycles. The van der Waals surface area contributed by atoms with Crippen molar-refractivity contribution in [2.45, 2.75) is 18.9 Å². The van der Waals surface area contributed by atoms with Crippen LogP contribution in [0.2, 0.25) is 5.02 Å². The molecule has 0 atom stereocenters. The molecule has 1 aliphatic heterocycles. The number of nitrogens with one attached hydrogen (secondary N) is 1. The lowest BCUT2D eigenvalue weighted by Gasteiger charge is -2.34. The number of halogens is 3. The van der Waals surface area contributed by atoms with Crippen molar-refractivity contribution in [1.29, 1.82) is 0 Å². The van der Waals surface area contributed by atoms with Crippen molar-refractivity contribution in [3.63, 3.8) is 0 Å². The van der Waals surface area contributed by atoms with Gasteiger partial charge in [-0.3, -0.25) is 19.5 Å². The van der Waals surface area contributed by atoms with Gasteiger partial charge >= 0.3 is 11.7 Å². The number of carboxylic acids is 1. The predicted molar refractivity (Wildman–Crippen MR) is 151 cm³/mol. The number of fused-ring (bicyclic) bond motifs is 2. The van der Waals surface area contributed by atoms with Crippen LogP contribution in [-0.4, -0.2) is 43.2 Å². The standard InChI is InChI=1S/C28H20ClF2N5O6/c29-14-1-3-22-20(9-14)32-28(40)35(22)16-5-7-33(8-6-16)24-12-23-17(11-25(24)36(41)42)26(37)18(27(38)39)13-34(23)21-4-2-15(30)10-19(21)31/h1-4,9-13,16H,5-8H2,(H,32,40)(H,38,39). The summed E-state index contributed by atoms with van der Waals surface area (Å²) in [6.45, 7) is 0.595. The molecule has 5 aromatic rings. The quantitative estimate of drug-likeness (QED) is 0.215. The summed E-state index contributed by atoms with van der Waals surface area (Å²) in [4.78, 5) is 53.6. The first-order chi connectivity index (χ1) is 20.0. The molecule has 0 bridgehead atoms. The zero-order valence-corrected chi connectivity index (χ0v) is 22.3. The van der Waals surface area contributed by atoms with Crippen LogP contribution < -0.4 is 16.0 Å². The maximum Gasteiger partial charge on any atom is 0.341 e. The molecule has 0 aliphatic carbocycles. The highest BCUT2D eigenvalue weighted by atomic mass is 35.5. The van der Waals surface area contributed by atoms with Gasteiger partial charge in [-0.05, 0) is 49.2 Å². The predicted octanol–water partition coefficient (Wildman–Crippen LogP) is 5.01. The van der Waals surface area contributed by atoms with Gasteiger partial charge in [0, 0.05) is 42.5 Å². The van der Waals surface area contributed by atoms with Crippen molar-refractivity contribution < 1.29 is 23.6 Å². The van der Waals surface area contributed by atoms with E-state index in [1.807, 2.05) is 0 Å². The molecule has 2 N–H and O–H groups in total. The Kier molecular flexibility index (Phi) is 6.53. The van der Waals surface area contributed by atoms with Crippen molar-refractivity contribution in [3.05, 3.63) is 108 Å². The Balaban J connectivity index is 1.46. The number of hydrogen-bond donors (Lipinski definition) is 2. The molecule has 1 fully saturated rings. The summed E-state index contributed by atoms with van der Waals surface area (Å²) in [6.07, 6.45) is 1.81. The van der Waals surface area contributed by atoms with E-state index in [0.717, 1.165) is 29.0 Å². The van der Waals surface area contributed by atoms with Gasteiger partial charge in [0.25, 0.3) is 5.69 Å². The number of benzene rings is 3. The number of pyridine rings is 1. The van der Waals surface area contributed by atoms with Crippen LogP contribution in [0.4, 0.5) is 20.2 Å². The van der Waals surface area contributed by atoms with E-state index in [2.05, 4.69) is 4.98 Å². The van der Waals surface area contributed by atoms with E-state index < -0.39 is 39.2 Å². The molecule has 0 radical (unpaired) electrons. The molecule has 3 heterocycles. The van der Waals surface area contributed by atoms with Gasteiger partial charge in [-0.25, -0.2) is 18.4 Å². The van der Waals surface area contributed by atoms with Gasteiger partial charge in [-0.2, -0.15) is 0 Å². The number of aromatic nitrogens is 3. The van der Waals surface area contributed by atoms with Crippen LogP contribution >= 0.6 is 11.6 Å². The molecule has 1 aliphatic rings. The minimum absolute atomic E-state index is 0.00274. The fourth-order valence-corrected chi connectivity index (χ4v) is 5.78. The summed E-state index contributed by atoms with van der Waals surface area (Å²) < 4.78 is 31.2. The van der Waals surface area contributed by atoms with Crippen LogP contribution in [0.3, 0.4) is 0 Å². The van der Waals surface area contributed by atoms with Gasteiger partial charge in [0.15, 0.2) is 0 Å². The molecule has 0 spiro atoms. The highest BCUT2D eigenvalue weighted by Crippen LogP contribution is 2.37. The van der Waals surface area contributed by atoms with Crippen LogP contribution in [0, 0.1) is 21.7 Å². The van der Waals surface area contributed by atoms with Crippen molar-refractivity contribution >= 4 is 50.9 Å². The topological polar surface area (TPSA) is 143 Å². The molecular weight excluding hydrogens is 576 g/mol. The molecule has 214 valence electrons. The molecule has 0 amide bonds. The number of piperidine rings is 1. The first kappa shape index (κ1) is 27.1. The number of hydrogen-bond acceptors (Lipinski definition) is 6. The van der Waals surface area contributed by atoms with E-state index in [-0.39, 0.29) is 34.0 Å². The van der Waals surface area contributed by atoms with E-state index in [0.29, 0.717) is 48.1 Å². The summed E-state index contributed by atoms with van der Waals surface area (Å²) in [7, 11) is 0. The summed E-state index contributed by atoms with van der Waals surface area (Å²) in [5.74, 6) is -3.50. The number of nitrogens with zero attached hydrogens (tertiary/aromatic N) is 4. The second-order valence-corrected chi connectivity index (χ2v) is 10.4. The number of anilines is 1. The molecular formula is C28H20ClF2N5O6. The Morgan fingerprint density at radius 2 is 1.76 bits per heavy atom. The van der Waals surface area contributed by atoms with Gasteiger partial charge in [0.1, 0.15) is 22.9 Å². The number of H-pyrrole nitrogens is 1. The Hall–Kier alpha value is -5.04. The number of carboxylic acid groups (broad SMARTS) is 1. The van der Waals surface area contributed by atoms with Crippen LogP contribution in [-0.2, 0) is 0 Å². The van der Waals surface area contributed by atoms with Gasteiger partial charge < -0.3 is 19.6 Å². The largest absolute Gasteiger partial charge is 0.477 e. The van der Waals surface area contributed by atoms with Crippen LogP contribution in [0.1, 0.15) is 29.2 Å². The van der Waals surface area contributed by atoms with E-state index >= 15 is 0 Å². The number of nitro benzene ring substituents is 1. The van der Waals surface area contributed by atoms with E-state index in [9.17, 15) is 38.4 Å². The van der Waals surface area contributed by atoms with E-state index in [4.69, 9.17) is 11.6 Å². The highest BCUT2D eigenvalue weighted by Gasteiger charge is 2.30. The van der Waals surface area contributed by atoms with Crippen LogP contribution in [0.25, 0.3) is 27.6 Å². The molecule has 0 saturated carbocycles. The molecule has 0 unspecified atom stereocenters. The molecule has 11 nitrogen and oxygen atoms in total. The van der Waals surface area contributed by atoms with Gasteiger partial charge in [-0.15, -0.1) is 0 Å². The lowest BCUT2D eigenvalue weighted by molar-refractivity contribution is -0.384. The molecule has 1 saturated heterocycles. The third-order valence-electron chi connectivity index (χ3n) is 7.55. The van der Waals surface area contributed by atoms with E-state index in [1.165, 1.54) is 6.07 Å². The monoisotopic (exact) mass is 595 g/mol. The van der Waals surface area contributed by atoms with Crippen molar-refractivity contribution in [3.8, 4) is 5.69 Å². The van der Waals surface area contributed by atoms with Crippen LogP contribution in [0.15, 0.2) is 64.3 Å². The molecule has 42 heavy (non-hydrogen) atoms.